The Morgan fingerprint density at radius 1 is 0.769 bits per heavy atom. The Labute approximate surface area is 157 Å². The highest BCUT2D eigenvalue weighted by Gasteiger charge is 2.36. The molecule has 0 amide bonds. The normalized spacial score (nSPS) is 19.0. The summed E-state index contributed by atoms with van der Waals surface area (Å²) in [5.41, 5.74) is 11.9. The highest BCUT2D eigenvalue weighted by atomic mass is 16.5. The molecule has 0 N–H and O–H groups in total. The summed E-state index contributed by atoms with van der Waals surface area (Å²) >= 11 is 0. The summed E-state index contributed by atoms with van der Waals surface area (Å²) in [6.07, 6.45) is -0.112. The highest BCUT2D eigenvalue weighted by molar-refractivity contribution is 6.10. The van der Waals surface area contributed by atoms with Gasteiger partial charge in [-0.2, -0.15) is 0 Å². The molecule has 0 aromatic heterocycles. The SMILES string of the molecule is CC1=C(C)C(N(C)C)=C(C)C2Oc3c(C)c(N(C)C)c(C)c(C)c3N=C12. The second-order valence-electron chi connectivity index (χ2n) is 7.97. The van der Waals surface area contributed by atoms with Crippen LogP contribution in [0, 0.1) is 20.8 Å². The lowest BCUT2D eigenvalue weighted by Crippen LogP contribution is -2.38. The fraction of sp³-hybridized carbons (Fsp3) is 0.500. The largest absolute Gasteiger partial charge is 0.477 e. The van der Waals surface area contributed by atoms with Gasteiger partial charge in [0, 0.05) is 45.1 Å². The van der Waals surface area contributed by atoms with Crippen LogP contribution in [0.1, 0.15) is 37.5 Å². The molecule has 26 heavy (non-hydrogen) atoms. The number of aliphatic imine (C=N–C) groups is 1. The Hall–Kier alpha value is -2.23. The van der Waals surface area contributed by atoms with Gasteiger partial charge in [0.25, 0.3) is 0 Å². The molecule has 0 bridgehead atoms. The van der Waals surface area contributed by atoms with Crippen LogP contribution in [-0.4, -0.2) is 44.9 Å². The van der Waals surface area contributed by atoms with Crippen molar-refractivity contribution < 1.29 is 4.74 Å². The Balaban J connectivity index is 2.30. The predicted octanol–water partition coefficient (Wildman–Crippen LogP) is 4.70. The molecular weight excluding hydrogens is 322 g/mol. The van der Waals surface area contributed by atoms with E-state index in [9.17, 15) is 0 Å². The molecule has 2 aliphatic rings. The Bertz CT molecular complexity index is 885. The molecule has 0 saturated carbocycles. The molecule has 0 fully saturated rings. The van der Waals surface area contributed by atoms with Crippen LogP contribution in [0.4, 0.5) is 11.4 Å². The molecule has 1 aliphatic heterocycles. The van der Waals surface area contributed by atoms with Crippen LogP contribution >= 0.6 is 0 Å². The first-order valence-corrected chi connectivity index (χ1v) is 9.20. The quantitative estimate of drug-likeness (QED) is 0.771. The summed E-state index contributed by atoms with van der Waals surface area (Å²) in [7, 11) is 8.37. The number of nitrogens with zero attached hydrogens (tertiary/aromatic N) is 3. The standard InChI is InChI=1S/C22H31N3O/c1-11-13(3)19(24(7)8)15(5)21-17(11)23-18-12(2)14(4)20(25(9)10)16(6)22(18)26-21/h21H,1-10H3. The number of likely N-dealkylation sites (N-methyl/N-ethyl adjacent to an activating group) is 1. The summed E-state index contributed by atoms with van der Waals surface area (Å²) in [5.74, 6) is 0.926. The minimum absolute atomic E-state index is 0.112. The van der Waals surface area contributed by atoms with Crippen LogP contribution in [0.5, 0.6) is 5.75 Å². The van der Waals surface area contributed by atoms with Crippen LogP contribution in [-0.2, 0) is 0 Å². The average Bonchev–Trinajstić information content (AvgIpc) is 2.56. The molecule has 3 rings (SSSR count). The molecule has 1 atom stereocenters. The maximum absolute atomic E-state index is 6.63. The first-order valence-electron chi connectivity index (χ1n) is 9.20. The van der Waals surface area contributed by atoms with Gasteiger partial charge in [-0.25, -0.2) is 4.99 Å². The molecular formula is C22H31N3O. The maximum atomic E-state index is 6.63. The molecule has 4 nitrogen and oxygen atoms in total. The van der Waals surface area contributed by atoms with Gasteiger partial charge in [0.2, 0.25) is 0 Å². The van der Waals surface area contributed by atoms with Gasteiger partial charge in [0.15, 0.2) is 11.9 Å². The Morgan fingerprint density at radius 2 is 1.38 bits per heavy atom. The molecule has 0 radical (unpaired) electrons. The van der Waals surface area contributed by atoms with E-state index in [2.05, 4.69) is 79.5 Å². The maximum Gasteiger partial charge on any atom is 0.164 e. The number of anilines is 1. The molecule has 0 spiro atoms. The van der Waals surface area contributed by atoms with E-state index in [0.717, 1.165) is 17.1 Å². The first-order chi connectivity index (χ1) is 12.1. The van der Waals surface area contributed by atoms with Gasteiger partial charge < -0.3 is 14.5 Å². The molecule has 4 heteroatoms. The average molecular weight is 354 g/mol. The predicted molar refractivity (Wildman–Crippen MR) is 111 cm³/mol. The van der Waals surface area contributed by atoms with Crippen molar-refractivity contribution in [1.82, 2.24) is 4.90 Å². The van der Waals surface area contributed by atoms with E-state index >= 15 is 0 Å². The van der Waals surface area contributed by atoms with E-state index < -0.39 is 0 Å². The lowest BCUT2D eigenvalue weighted by atomic mass is 9.85. The van der Waals surface area contributed by atoms with Gasteiger partial charge in [-0.3, -0.25) is 0 Å². The monoisotopic (exact) mass is 353 g/mol. The fourth-order valence-electron chi connectivity index (χ4n) is 4.45. The third-order valence-electron chi connectivity index (χ3n) is 5.86. The summed E-state index contributed by atoms with van der Waals surface area (Å²) in [6, 6.07) is 0. The van der Waals surface area contributed by atoms with Crippen LogP contribution in [0.25, 0.3) is 0 Å². The van der Waals surface area contributed by atoms with Crippen LogP contribution in [0.15, 0.2) is 27.4 Å². The number of benzene rings is 1. The van der Waals surface area contributed by atoms with E-state index in [1.54, 1.807) is 0 Å². The first kappa shape index (κ1) is 18.6. The van der Waals surface area contributed by atoms with Gasteiger partial charge in [-0.05, 0) is 69.4 Å². The van der Waals surface area contributed by atoms with Crippen LogP contribution in [0.2, 0.25) is 0 Å². The summed E-state index contributed by atoms with van der Waals surface area (Å²) in [6.45, 7) is 13.0. The third kappa shape index (κ3) is 2.46. The highest BCUT2D eigenvalue weighted by Crippen LogP contribution is 2.48. The van der Waals surface area contributed by atoms with Crippen molar-refractivity contribution >= 4 is 17.1 Å². The van der Waals surface area contributed by atoms with Gasteiger partial charge in [-0.1, -0.05) is 0 Å². The topological polar surface area (TPSA) is 28.1 Å². The number of fused-ring (bicyclic) bond motifs is 2. The molecule has 0 saturated heterocycles. The Kier molecular flexibility index (Phi) is 4.41. The van der Waals surface area contributed by atoms with Crippen molar-refractivity contribution in [2.24, 2.45) is 4.99 Å². The molecule has 1 heterocycles. The van der Waals surface area contributed by atoms with E-state index in [-0.39, 0.29) is 6.10 Å². The zero-order valence-corrected chi connectivity index (χ0v) is 17.8. The summed E-state index contributed by atoms with van der Waals surface area (Å²) in [4.78, 5) is 9.48. The van der Waals surface area contributed by atoms with Crippen molar-refractivity contribution in [3.63, 3.8) is 0 Å². The number of rotatable bonds is 2. The van der Waals surface area contributed by atoms with E-state index in [1.807, 2.05) is 0 Å². The zero-order valence-electron chi connectivity index (χ0n) is 17.8. The van der Waals surface area contributed by atoms with E-state index in [1.165, 1.54) is 44.8 Å². The van der Waals surface area contributed by atoms with Crippen molar-refractivity contribution in [2.45, 2.75) is 47.6 Å². The van der Waals surface area contributed by atoms with Crippen LogP contribution < -0.4 is 9.64 Å². The number of ether oxygens (including phenoxy) is 1. The van der Waals surface area contributed by atoms with E-state index in [4.69, 9.17) is 9.73 Å². The second-order valence-corrected chi connectivity index (χ2v) is 7.97. The molecule has 1 aromatic carbocycles. The lowest BCUT2D eigenvalue weighted by Gasteiger charge is -2.37. The number of allylic oxidation sites excluding steroid dienone is 1. The van der Waals surface area contributed by atoms with Gasteiger partial charge >= 0.3 is 0 Å². The van der Waals surface area contributed by atoms with Gasteiger partial charge in [0.05, 0.1) is 5.71 Å². The minimum Gasteiger partial charge on any atom is -0.477 e. The van der Waals surface area contributed by atoms with Crippen molar-refractivity contribution in [2.75, 3.05) is 33.1 Å². The summed E-state index contributed by atoms with van der Waals surface area (Å²) in [5, 5.41) is 0. The smallest absolute Gasteiger partial charge is 0.164 e. The van der Waals surface area contributed by atoms with Crippen molar-refractivity contribution in [3.05, 3.63) is 39.1 Å². The van der Waals surface area contributed by atoms with Crippen LogP contribution in [0.3, 0.4) is 0 Å². The second kappa shape index (κ2) is 6.19. The molecule has 1 unspecified atom stereocenters. The molecule has 1 aromatic rings. The van der Waals surface area contributed by atoms with E-state index in [0.29, 0.717) is 0 Å². The molecule has 1 aliphatic carbocycles. The fourth-order valence-corrected chi connectivity index (χ4v) is 4.45. The third-order valence-corrected chi connectivity index (χ3v) is 5.86. The van der Waals surface area contributed by atoms with Crippen molar-refractivity contribution in [3.8, 4) is 5.75 Å². The van der Waals surface area contributed by atoms with Gasteiger partial charge in [0.1, 0.15) is 5.69 Å². The Morgan fingerprint density at radius 3 is 1.92 bits per heavy atom. The number of hydrogen-bond donors (Lipinski definition) is 0. The molecule has 140 valence electrons. The van der Waals surface area contributed by atoms with Crippen molar-refractivity contribution in [1.29, 1.82) is 0 Å². The number of hydrogen-bond acceptors (Lipinski definition) is 4. The lowest BCUT2D eigenvalue weighted by molar-refractivity contribution is 0.287. The van der Waals surface area contributed by atoms with Gasteiger partial charge in [-0.15, -0.1) is 0 Å². The zero-order chi connectivity index (χ0) is 19.5. The summed E-state index contributed by atoms with van der Waals surface area (Å²) < 4.78 is 6.63. The minimum atomic E-state index is -0.112.